The van der Waals surface area contributed by atoms with Gasteiger partial charge in [0.15, 0.2) is 5.17 Å². The first-order chi connectivity index (χ1) is 12.8. The van der Waals surface area contributed by atoms with Crippen LogP contribution in [0.25, 0.3) is 5.69 Å². The van der Waals surface area contributed by atoms with Crippen LogP contribution in [0.5, 0.6) is 0 Å². The van der Waals surface area contributed by atoms with Crippen LogP contribution in [0.3, 0.4) is 0 Å². The number of aliphatic carboxylic acids is 1. The van der Waals surface area contributed by atoms with Crippen molar-refractivity contribution in [1.82, 2.24) is 9.88 Å². The molecule has 0 unspecified atom stereocenters. The zero-order valence-electron chi connectivity index (χ0n) is 14.6. The fourth-order valence-electron chi connectivity index (χ4n) is 2.79. The molecule has 9 heteroatoms. The van der Waals surface area contributed by atoms with Crippen molar-refractivity contribution in [1.29, 1.82) is 0 Å². The number of carbonyl (C=O) groups excluding carboxylic acids is 1. The molecule has 3 rings (SSSR count). The summed E-state index contributed by atoms with van der Waals surface area (Å²) in [6, 6.07) is 9.54. The minimum Gasteiger partial charge on any atom is -0.481 e. The summed E-state index contributed by atoms with van der Waals surface area (Å²) in [6.07, 6.45) is 1.36. The number of rotatable bonds is 5. The maximum atomic E-state index is 11.7. The van der Waals surface area contributed by atoms with Crippen LogP contribution in [-0.4, -0.2) is 38.2 Å². The summed E-state index contributed by atoms with van der Waals surface area (Å²) in [5, 5.41) is 19.7. The zero-order chi connectivity index (χ0) is 19.6. The lowest BCUT2D eigenvalue weighted by molar-refractivity contribution is -0.138. The van der Waals surface area contributed by atoms with Crippen molar-refractivity contribution < 1.29 is 14.7 Å². The number of carboxylic acids is 1. The predicted molar refractivity (Wildman–Crippen MR) is 107 cm³/mol. The average Bonchev–Trinajstić information content (AvgIpc) is 3.08. The molecule has 1 aromatic heterocycles. The highest BCUT2D eigenvalue weighted by Crippen LogP contribution is 2.23. The molecule has 0 saturated carbocycles. The van der Waals surface area contributed by atoms with Gasteiger partial charge in [-0.2, -0.15) is 5.10 Å². The van der Waals surface area contributed by atoms with Gasteiger partial charge in [-0.25, -0.2) is 0 Å². The number of hydrogen-bond acceptors (Lipinski definition) is 5. The van der Waals surface area contributed by atoms with Crippen molar-refractivity contribution in [2.75, 3.05) is 0 Å². The van der Waals surface area contributed by atoms with Crippen molar-refractivity contribution in [3.8, 4) is 5.69 Å². The maximum absolute atomic E-state index is 11.7. The first kappa shape index (κ1) is 19.2. The third kappa shape index (κ3) is 4.40. The number of carbonyl (C=O) groups is 2. The van der Waals surface area contributed by atoms with Gasteiger partial charge >= 0.3 is 5.97 Å². The van der Waals surface area contributed by atoms with E-state index in [0.29, 0.717) is 10.2 Å². The Morgan fingerprint density at radius 2 is 2.07 bits per heavy atom. The van der Waals surface area contributed by atoms with Gasteiger partial charge in [-0.3, -0.25) is 9.59 Å². The Morgan fingerprint density at radius 1 is 1.37 bits per heavy atom. The molecule has 2 N–H and O–H groups in total. The van der Waals surface area contributed by atoms with E-state index in [2.05, 4.69) is 20.1 Å². The van der Waals surface area contributed by atoms with E-state index in [1.54, 1.807) is 6.21 Å². The molecule has 0 bridgehead atoms. The Balaban J connectivity index is 1.77. The van der Waals surface area contributed by atoms with E-state index in [0.717, 1.165) is 34.4 Å². The SMILES string of the molecule is Cc1cc(/C=N\N=C2\NC(=O)[C@@H](CC(=O)O)S2)c(C)n1-c1ccc(Cl)cc1. The van der Waals surface area contributed by atoms with E-state index < -0.39 is 11.2 Å². The van der Waals surface area contributed by atoms with Crippen LogP contribution < -0.4 is 5.32 Å². The lowest BCUT2D eigenvalue weighted by Gasteiger charge is -2.09. The number of thioether (sulfide) groups is 1. The number of benzene rings is 1. The molecule has 1 saturated heterocycles. The van der Waals surface area contributed by atoms with Gasteiger partial charge in [0.2, 0.25) is 5.91 Å². The van der Waals surface area contributed by atoms with E-state index in [-0.39, 0.29) is 12.3 Å². The first-order valence-electron chi connectivity index (χ1n) is 8.10. The van der Waals surface area contributed by atoms with Gasteiger partial charge in [0.25, 0.3) is 0 Å². The van der Waals surface area contributed by atoms with Crippen LogP contribution >= 0.6 is 23.4 Å². The monoisotopic (exact) mass is 404 g/mol. The summed E-state index contributed by atoms with van der Waals surface area (Å²) in [4.78, 5) is 22.4. The van der Waals surface area contributed by atoms with Crippen molar-refractivity contribution >= 4 is 46.6 Å². The van der Waals surface area contributed by atoms with Gasteiger partial charge in [-0.1, -0.05) is 23.4 Å². The van der Waals surface area contributed by atoms with Gasteiger partial charge in [0, 0.05) is 27.7 Å². The summed E-state index contributed by atoms with van der Waals surface area (Å²) >= 11 is 7.02. The summed E-state index contributed by atoms with van der Waals surface area (Å²) in [6.45, 7) is 3.97. The molecule has 7 nitrogen and oxygen atoms in total. The smallest absolute Gasteiger partial charge is 0.305 e. The number of aromatic nitrogens is 1. The molecular weight excluding hydrogens is 388 g/mol. The minimum absolute atomic E-state index is 0.249. The van der Waals surface area contributed by atoms with Crippen molar-refractivity contribution in [3.05, 3.63) is 52.3 Å². The van der Waals surface area contributed by atoms with Crippen molar-refractivity contribution in [2.45, 2.75) is 25.5 Å². The van der Waals surface area contributed by atoms with Gasteiger partial charge in [-0.05, 0) is 44.2 Å². The van der Waals surface area contributed by atoms with E-state index in [4.69, 9.17) is 16.7 Å². The Hall–Kier alpha value is -2.58. The van der Waals surface area contributed by atoms with Gasteiger partial charge in [0.1, 0.15) is 5.25 Å². The Morgan fingerprint density at radius 3 is 2.74 bits per heavy atom. The summed E-state index contributed by atoms with van der Waals surface area (Å²) in [5.74, 6) is -1.39. The molecule has 1 fully saturated rings. The zero-order valence-corrected chi connectivity index (χ0v) is 16.2. The second-order valence-corrected chi connectivity index (χ2v) is 7.61. The fraction of sp³-hybridized carbons (Fsp3) is 0.222. The normalized spacial score (nSPS) is 18.4. The number of aryl methyl sites for hydroxylation is 1. The van der Waals surface area contributed by atoms with Gasteiger partial charge in [0.05, 0.1) is 12.6 Å². The van der Waals surface area contributed by atoms with E-state index in [1.807, 2.05) is 44.2 Å². The van der Waals surface area contributed by atoms with Crippen LogP contribution in [0.15, 0.2) is 40.5 Å². The number of hydrogen-bond donors (Lipinski definition) is 2. The van der Waals surface area contributed by atoms with E-state index >= 15 is 0 Å². The predicted octanol–water partition coefficient (Wildman–Crippen LogP) is 3.14. The first-order valence-corrected chi connectivity index (χ1v) is 9.36. The van der Waals surface area contributed by atoms with Crippen LogP contribution in [0, 0.1) is 13.8 Å². The largest absolute Gasteiger partial charge is 0.481 e. The van der Waals surface area contributed by atoms with Gasteiger partial charge in [-0.15, -0.1) is 5.10 Å². The highest BCUT2D eigenvalue weighted by Gasteiger charge is 2.32. The maximum Gasteiger partial charge on any atom is 0.305 e. The summed E-state index contributed by atoms with van der Waals surface area (Å²) in [5.41, 5.74) is 3.92. The lowest BCUT2D eigenvalue weighted by Crippen LogP contribution is -2.26. The van der Waals surface area contributed by atoms with Crippen LogP contribution in [0.1, 0.15) is 23.4 Å². The lowest BCUT2D eigenvalue weighted by atomic mass is 10.2. The highest BCUT2D eigenvalue weighted by atomic mass is 35.5. The molecule has 1 amide bonds. The molecule has 1 atom stereocenters. The molecule has 140 valence electrons. The quantitative estimate of drug-likeness (QED) is 0.591. The van der Waals surface area contributed by atoms with Crippen LogP contribution in [-0.2, 0) is 9.59 Å². The molecule has 1 aliphatic rings. The van der Waals surface area contributed by atoms with Crippen LogP contribution in [0.4, 0.5) is 0 Å². The topological polar surface area (TPSA) is 96.1 Å². The third-order valence-electron chi connectivity index (χ3n) is 4.04. The minimum atomic E-state index is -1.03. The molecule has 0 radical (unpaired) electrons. The molecule has 2 aromatic rings. The number of carboxylic acid groups (broad SMARTS) is 1. The molecule has 27 heavy (non-hydrogen) atoms. The number of nitrogens with one attached hydrogen (secondary N) is 1. The van der Waals surface area contributed by atoms with Crippen molar-refractivity contribution in [3.63, 3.8) is 0 Å². The Kier molecular flexibility index (Phi) is 5.67. The van der Waals surface area contributed by atoms with E-state index in [1.165, 1.54) is 0 Å². The van der Waals surface area contributed by atoms with Crippen LogP contribution in [0.2, 0.25) is 5.02 Å². The molecule has 0 spiro atoms. The molecular formula is C18H17ClN4O3S. The van der Waals surface area contributed by atoms with Crippen molar-refractivity contribution in [2.24, 2.45) is 10.2 Å². The molecule has 0 aliphatic carbocycles. The third-order valence-corrected chi connectivity index (χ3v) is 5.36. The van der Waals surface area contributed by atoms with E-state index in [9.17, 15) is 9.59 Å². The standard InChI is InChI=1S/C18H17ClN4O3S/c1-10-7-12(11(2)23(10)14-5-3-13(19)4-6-14)9-20-22-18-21-17(26)15(27-18)8-16(24)25/h3-7,9,15H,8H2,1-2H3,(H,24,25)(H,21,22,26)/b20-9-/t15-/m1/s1. The molecule has 1 aliphatic heterocycles. The molecule has 1 aromatic carbocycles. The second-order valence-electron chi connectivity index (χ2n) is 5.98. The highest BCUT2D eigenvalue weighted by molar-refractivity contribution is 8.15. The second kappa shape index (κ2) is 7.98. The summed E-state index contributed by atoms with van der Waals surface area (Å²) in [7, 11) is 0. The Labute approximate surface area is 165 Å². The number of amides is 1. The number of amidine groups is 1. The number of halogens is 1. The summed E-state index contributed by atoms with van der Waals surface area (Å²) < 4.78 is 2.08. The number of nitrogens with zero attached hydrogens (tertiary/aromatic N) is 3. The Bertz CT molecular complexity index is 950. The average molecular weight is 405 g/mol. The molecule has 2 heterocycles. The van der Waals surface area contributed by atoms with Gasteiger partial charge < -0.3 is 15.0 Å². The fourth-order valence-corrected chi connectivity index (χ4v) is 3.84.